The van der Waals surface area contributed by atoms with E-state index in [2.05, 4.69) is 26.3 Å². The topological polar surface area (TPSA) is 116 Å². The van der Waals surface area contributed by atoms with Crippen molar-refractivity contribution in [2.75, 3.05) is 32.1 Å². The fourth-order valence-electron chi connectivity index (χ4n) is 3.67. The lowest BCUT2D eigenvalue weighted by atomic mass is 10.1. The number of amides is 1. The normalized spacial score (nSPS) is 14.2. The summed E-state index contributed by atoms with van der Waals surface area (Å²) in [5.41, 5.74) is 1.87. The van der Waals surface area contributed by atoms with E-state index < -0.39 is 6.17 Å². The van der Waals surface area contributed by atoms with E-state index in [9.17, 15) is 14.4 Å². The lowest BCUT2D eigenvalue weighted by Crippen LogP contribution is -2.39. The Morgan fingerprint density at radius 3 is 2.84 bits per heavy atom. The number of rotatable bonds is 6. The molecule has 166 valence electrons. The molecular weight excluding hydrogens is 415 g/mol. The zero-order valence-electron chi connectivity index (χ0n) is 17.8. The molecule has 0 saturated carbocycles. The first kappa shape index (κ1) is 21.4. The number of nitrogens with zero attached hydrogens (tertiary/aromatic N) is 4. The predicted octanol–water partition coefficient (Wildman–Crippen LogP) is 3.55. The molecule has 10 heteroatoms. The summed E-state index contributed by atoms with van der Waals surface area (Å²) in [6.45, 7) is 3.00. The number of ether oxygens (including phenoxy) is 2. The Kier molecular flexibility index (Phi) is 6.07. The van der Waals surface area contributed by atoms with Gasteiger partial charge in [0.1, 0.15) is 23.6 Å². The van der Waals surface area contributed by atoms with Gasteiger partial charge in [-0.3, -0.25) is 4.79 Å². The van der Waals surface area contributed by atoms with Crippen LogP contribution in [0.3, 0.4) is 0 Å². The van der Waals surface area contributed by atoms with E-state index in [0.29, 0.717) is 72.0 Å². The van der Waals surface area contributed by atoms with Crippen molar-refractivity contribution >= 4 is 28.6 Å². The van der Waals surface area contributed by atoms with Gasteiger partial charge in [-0.15, -0.1) is 0 Å². The van der Waals surface area contributed by atoms with Crippen LogP contribution in [0, 0.1) is 11.3 Å². The van der Waals surface area contributed by atoms with Crippen molar-refractivity contribution in [1.82, 2.24) is 19.9 Å². The quantitative estimate of drug-likeness (QED) is 0.604. The number of nitriles is 1. The molecule has 0 aliphatic carbocycles. The number of piperidine rings is 1. The third-order valence-corrected chi connectivity index (χ3v) is 5.31. The highest BCUT2D eigenvalue weighted by Gasteiger charge is 2.24. The molecular formula is C22H23FN6O3. The van der Waals surface area contributed by atoms with Gasteiger partial charge in [0.2, 0.25) is 11.8 Å². The molecule has 3 aromatic rings. The number of anilines is 2. The molecule has 4 rings (SSSR count). The highest BCUT2D eigenvalue weighted by molar-refractivity contribution is 5.95. The second-order valence-corrected chi connectivity index (χ2v) is 7.33. The van der Waals surface area contributed by atoms with Gasteiger partial charge in [-0.05, 0) is 38.0 Å². The fraction of sp³-hybridized carbons (Fsp3) is 0.364. The third-order valence-electron chi connectivity index (χ3n) is 5.31. The number of fused-ring (bicyclic) bond motifs is 1. The summed E-state index contributed by atoms with van der Waals surface area (Å²) in [6.07, 6.45) is 1.43. The summed E-state index contributed by atoms with van der Waals surface area (Å²) in [6, 6.07) is 7.11. The minimum atomic E-state index is -0.844. The Bertz CT molecular complexity index is 1180. The molecule has 1 fully saturated rings. The number of hydrogen-bond acceptors (Lipinski definition) is 7. The van der Waals surface area contributed by atoms with E-state index in [1.165, 1.54) is 7.11 Å². The number of aromatic nitrogens is 3. The number of alkyl halides is 1. The first-order valence-electron chi connectivity index (χ1n) is 10.3. The van der Waals surface area contributed by atoms with Crippen LogP contribution in [0.1, 0.15) is 35.7 Å². The van der Waals surface area contributed by atoms with Gasteiger partial charge in [0.25, 0.3) is 5.91 Å². The molecule has 0 spiro atoms. The van der Waals surface area contributed by atoms with Gasteiger partial charge < -0.3 is 24.7 Å². The molecule has 9 nitrogen and oxygen atoms in total. The maximum absolute atomic E-state index is 13.4. The van der Waals surface area contributed by atoms with Crippen LogP contribution in [0.5, 0.6) is 11.6 Å². The molecule has 1 saturated heterocycles. The molecule has 0 radical (unpaired) electrons. The number of H-pyrrole nitrogens is 1. The average molecular weight is 438 g/mol. The Morgan fingerprint density at radius 2 is 2.16 bits per heavy atom. The fourth-order valence-corrected chi connectivity index (χ4v) is 3.67. The number of nitrogens with one attached hydrogen (secondary N) is 2. The van der Waals surface area contributed by atoms with Crippen molar-refractivity contribution in [1.29, 1.82) is 5.26 Å². The standard InChI is InChI=1S/C22H23FN6O3/c1-3-32-20-18-14(11-24)12-25-19(18)27-22(28-20)26-16-5-4-13(10-17(16)31-2)21(30)29-8-6-15(23)7-9-29/h4-5,10,12,15H,3,6-9H2,1-2H3,(H2,25,26,27,28). The van der Waals surface area contributed by atoms with E-state index in [-0.39, 0.29) is 11.9 Å². The van der Waals surface area contributed by atoms with Crippen molar-refractivity contribution in [2.45, 2.75) is 25.9 Å². The predicted molar refractivity (Wildman–Crippen MR) is 116 cm³/mol. The summed E-state index contributed by atoms with van der Waals surface area (Å²) in [5.74, 6) is 0.810. The number of methoxy groups -OCH3 is 1. The van der Waals surface area contributed by atoms with E-state index in [4.69, 9.17) is 9.47 Å². The van der Waals surface area contributed by atoms with Crippen LogP contribution in [-0.2, 0) is 0 Å². The minimum absolute atomic E-state index is 0.159. The molecule has 0 bridgehead atoms. The molecule has 1 aliphatic heterocycles. The Morgan fingerprint density at radius 1 is 1.38 bits per heavy atom. The van der Waals surface area contributed by atoms with Crippen LogP contribution in [0.25, 0.3) is 11.0 Å². The second kappa shape index (κ2) is 9.09. The van der Waals surface area contributed by atoms with Crippen LogP contribution in [0.15, 0.2) is 24.4 Å². The van der Waals surface area contributed by atoms with Crippen molar-refractivity contribution < 1.29 is 18.7 Å². The van der Waals surface area contributed by atoms with E-state index in [1.54, 1.807) is 29.3 Å². The van der Waals surface area contributed by atoms with Gasteiger partial charge in [-0.1, -0.05) is 0 Å². The lowest BCUT2D eigenvalue weighted by Gasteiger charge is -2.28. The summed E-state index contributed by atoms with van der Waals surface area (Å²) < 4.78 is 24.5. The second-order valence-electron chi connectivity index (χ2n) is 7.33. The maximum atomic E-state index is 13.4. The van der Waals surface area contributed by atoms with E-state index in [0.717, 1.165) is 0 Å². The number of hydrogen-bond donors (Lipinski definition) is 2. The van der Waals surface area contributed by atoms with Gasteiger partial charge in [-0.2, -0.15) is 15.2 Å². The SMILES string of the molecule is CCOc1nc(Nc2ccc(C(=O)N3CCC(F)CC3)cc2OC)nc2[nH]cc(C#N)c12. The Labute approximate surface area is 184 Å². The van der Waals surface area contributed by atoms with E-state index >= 15 is 0 Å². The summed E-state index contributed by atoms with van der Waals surface area (Å²) in [5, 5.41) is 12.9. The first-order chi connectivity index (χ1) is 15.5. The van der Waals surface area contributed by atoms with Gasteiger partial charge in [0, 0.05) is 24.8 Å². The average Bonchev–Trinajstić information content (AvgIpc) is 3.23. The van der Waals surface area contributed by atoms with Crippen LogP contribution in [-0.4, -0.2) is 58.7 Å². The Hall–Kier alpha value is -3.87. The van der Waals surface area contributed by atoms with Crippen LogP contribution in [0.4, 0.5) is 16.0 Å². The minimum Gasteiger partial charge on any atom is -0.495 e. The molecule has 1 amide bonds. The molecule has 32 heavy (non-hydrogen) atoms. The van der Waals surface area contributed by atoms with Gasteiger partial charge in [-0.25, -0.2) is 4.39 Å². The first-order valence-corrected chi connectivity index (χ1v) is 10.3. The molecule has 2 N–H and O–H groups in total. The Balaban J connectivity index is 1.61. The largest absolute Gasteiger partial charge is 0.495 e. The van der Waals surface area contributed by atoms with Gasteiger partial charge in [0.05, 0.1) is 30.4 Å². The smallest absolute Gasteiger partial charge is 0.253 e. The summed E-state index contributed by atoms with van der Waals surface area (Å²) in [7, 11) is 1.50. The molecule has 2 aromatic heterocycles. The number of benzene rings is 1. The molecule has 1 aliphatic rings. The lowest BCUT2D eigenvalue weighted by molar-refractivity contribution is 0.0666. The molecule has 0 atom stereocenters. The van der Waals surface area contributed by atoms with Crippen molar-refractivity contribution in [3.05, 3.63) is 35.5 Å². The number of carbonyl (C=O) groups excluding carboxylic acids is 1. The highest BCUT2D eigenvalue weighted by Crippen LogP contribution is 2.32. The van der Waals surface area contributed by atoms with Crippen molar-refractivity contribution in [3.63, 3.8) is 0 Å². The number of aromatic amines is 1. The summed E-state index contributed by atoms with van der Waals surface area (Å²) >= 11 is 0. The van der Waals surface area contributed by atoms with Crippen LogP contribution >= 0.6 is 0 Å². The number of carbonyl (C=O) groups is 1. The monoisotopic (exact) mass is 438 g/mol. The number of likely N-dealkylation sites (tertiary alicyclic amines) is 1. The molecule has 1 aromatic carbocycles. The zero-order valence-corrected chi connectivity index (χ0v) is 17.8. The van der Waals surface area contributed by atoms with Crippen LogP contribution in [0.2, 0.25) is 0 Å². The van der Waals surface area contributed by atoms with Crippen molar-refractivity contribution in [3.8, 4) is 17.7 Å². The van der Waals surface area contributed by atoms with Crippen molar-refractivity contribution in [2.24, 2.45) is 0 Å². The highest BCUT2D eigenvalue weighted by atomic mass is 19.1. The number of halogens is 1. The van der Waals surface area contributed by atoms with Gasteiger partial charge in [0.15, 0.2) is 0 Å². The maximum Gasteiger partial charge on any atom is 0.253 e. The molecule has 0 unspecified atom stereocenters. The van der Waals surface area contributed by atoms with Crippen LogP contribution < -0.4 is 14.8 Å². The van der Waals surface area contributed by atoms with Gasteiger partial charge >= 0.3 is 0 Å². The van der Waals surface area contributed by atoms with E-state index in [1.807, 2.05) is 6.92 Å². The molecule has 3 heterocycles. The summed E-state index contributed by atoms with van der Waals surface area (Å²) in [4.78, 5) is 26.2. The zero-order chi connectivity index (χ0) is 22.7. The third kappa shape index (κ3) is 4.14.